The smallest absolute Gasteiger partial charge is 0.371 e. The van der Waals surface area contributed by atoms with Crippen LogP contribution in [0.3, 0.4) is 0 Å². The van der Waals surface area contributed by atoms with Crippen molar-refractivity contribution >= 4 is 11.9 Å². The maximum absolute atomic E-state index is 10.7. The molecule has 1 rings (SSSR count). The van der Waals surface area contributed by atoms with Crippen LogP contribution in [-0.4, -0.2) is 45.6 Å². The number of carboxylic acid groups (broad SMARTS) is 1. The van der Waals surface area contributed by atoms with Crippen LogP contribution in [0, 0.1) is 0 Å². The summed E-state index contributed by atoms with van der Waals surface area (Å²) in [4.78, 5) is 21.2. The molecule has 0 spiro atoms. The van der Waals surface area contributed by atoms with Gasteiger partial charge < -0.3 is 25.4 Å². The quantitative estimate of drug-likeness (QED) is 0.432. The van der Waals surface area contributed by atoms with Gasteiger partial charge in [-0.3, -0.25) is 4.79 Å². The summed E-state index contributed by atoms with van der Waals surface area (Å²) in [5.74, 6) is -2.40. The summed E-state index contributed by atoms with van der Waals surface area (Å²) in [6.45, 7) is 1.20. The van der Waals surface area contributed by atoms with Crippen LogP contribution >= 0.6 is 0 Å². The number of nitrogens with one attached hydrogen (secondary N) is 1. The van der Waals surface area contributed by atoms with Crippen molar-refractivity contribution in [3.63, 3.8) is 0 Å². The molecule has 0 aromatic carbocycles. The minimum Gasteiger partial charge on any atom is -0.475 e. The molecular weight excluding hydrogens is 206 g/mol. The van der Waals surface area contributed by atoms with Gasteiger partial charge in [-0.05, 0) is 6.08 Å². The van der Waals surface area contributed by atoms with Crippen molar-refractivity contribution in [3.05, 3.63) is 11.8 Å². The Morgan fingerprint density at radius 1 is 1.47 bits per heavy atom. The van der Waals surface area contributed by atoms with E-state index in [2.05, 4.69) is 10.1 Å². The molecule has 0 saturated heterocycles. The van der Waals surface area contributed by atoms with Crippen molar-refractivity contribution in [3.8, 4) is 0 Å². The highest BCUT2D eigenvalue weighted by Gasteiger charge is 2.35. The van der Waals surface area contributed by atoms with Crippen molar-refractivity contribution in [1.82, 2.24) is 5.32 Å². The first-order valence-electron chi connectivity index (χ1n) is 4.17. The second kappa shape index (κ2) is 4.28. The zero-order chi connectivity index (χ0) is 11.6. The molecule has 0 saturated carbocycles. The number of carboxylic acids is 1. The first-order valence-corrected chi connectivity index (χ1v) is 4.17. The number of rotatable bonds is 2. The number of aliphatic carboxylic acids is 1. The Morgan fingerprint density at radius 2 is 2.07 bits per heavy atom. The number of carbonyl (C=O) groups excluding carboxylic acids is 1. The fourth-order valence-electron chi connectivity index (χ4n) is 1.18. The molecule has 1 amide bonds. The molecule has 0 radical (unpaired) electrons. The third-order valence-electron chi connectivity index (χ3n) is 1.83. The Hall–Kier alpha value is -1.60. The molecule has 7 heteroatoms. The molecule has 7 nitrogen and oxygen atoms in total. The van der Waals surface area contributed by atoms with Crippen LogP contribution in [0.4, 0.5) is 0 Å². The highest BCUT2D eigenvalue weighted by Crippen LogP contribution is 2.16. The Kier molecular flexibility index (Phi) is 3.28. The summed E-state index contributed by atoms with van der Waals surface area (Å²) in [6.07, 6.45) is -1.97. The van der Waals surface area contributed by atoms with E-state index in [1.807, 2.05) is 0 Å². The van der Waals surface area contributed by atoms with Crippen LogP contribution in [0.5, 0.6) is 0 Å². The zero-order valence-corrected chi connectivity index (χ0v) is 7.88. The summed E-state index contributed by atoms with van der Waals surface area (Å²) in [5.41, 5.74) is 0. The van der Waals surface area contributed by atoms with Crippen molar-refractivity contribution < 1.29 is 29.6 Å². The molecule has 3 atom stereocenters. The van der Waals surface area contributed by atoms with Gasteiger partial charge in [0.2, 0.25) is 18.0 Å². The van der Waals surface area contributed by atoms with Gasteiger partial charge in [0.25, 0.3) is 0 Å². The molecule has 84 valence electrons. The van der Waals surface area contributed by atoms with Crippen molar-refractivity contribution in [2.45, 2.75) is 25.4 Å². The molecule has 15 heavy (non-hydrogen) atoms. The van der Waals surface area contributed by atoms with E-state index in [9.17, 15) is 19.8 Å². The second-order valence-corrected chi connectivity index (χ2v) is 3.06. The molecule has 0 bridgehead atoms. The molecule has 0 fully saturated rings. The monoisotopic (exact) mass is 217 g/mol. The molecule has 1 heterocycles. The fraction of sp³-hybridized carbons (Fsp3) is 0.500. The van der Waals surface area contributed by atoms with Gasteiger partial charge in [-0.1, -0.05) is 0 Å². The molecule has 1 aliphatic heterocycles. The van der Waals surface area contributed by atoms with E-state index in [0.29, 0.717) is 0 Å². The zero-order valence-electron chi connectivity index (χ0n) is 7.88. The van der Waals surface area contributed by atoms with Crippen LogP contribution in [0.25, 0.3) is 0 Å². The van der Waals surface area contributed by atoms with Gasteiger partial charge in [-0.25, -0.2) is 4.79 Å². The van der Waals surface area contributed by atoms with E-state index in [-0.39, 0.29) is 0 Å². The van der Waals surface area contributed by atoms with Gasteiger partial charge >= 0.3 is 5.97 Å². The molecule has 4 N–H and O–H groups in total. The minimum absolute atomic E-state index is 0.464. The highest BCUT2D eigenvalue weighted by molar-refractivity contribution is 5.84. The van der Waals surface area contributed by atoms with E-state index >= 15 is 0 Å². The maximum atomic E-state index is 10.7. The normalized spacial score (nSPS) is 30.1. The summed E-state index contributed by atoms with van der Waals surface area (Å²) in [5, 5.41) is 29.5. The molecule has 0 aromatic heterocycles. The Balaban J connectivity index is 2.80. The third kappa shape index (κ3) is 2.67. The lowest BCUT2D eigenvalue weighted by atomic mass is 10.1. The van der Waals surface area contributed by atoms with Gasteiger partial charge in [-0.15, -0.1) is 0 Å². The number of amides is 1. The minimum atomic E-state index is -1.58. The third-order valence-corrected chi connectivity index (χ3v) is 1.83. The maximum Gasteiger partial charge on any atom is 0.371 e. The van der Waals surface area contributed by atoms with Crippen molar-refractivity contribution in [2.24, 2.45) is 0 Å². The number of hydrogen-bond acceptors (Lipinski definition) is 5. The summed E-state index contributed by atoms with van der Waals surface area (Å²) < 4.78 is 4.57. The number of aliphatic hydroxyl groups is 2. The van der Waals surface area contributed by atoms with Crippen LogP contribution < -0.4 is 5.32 Å². The molecule has 1 aliphatic rings. The first kappa shape index (κ1) is 11.5. The summed E-state index contributed by atoms with van der Waals surface area (Å²) in [7, 11) is 0. The fourth-order valence-corrected chi connectivity index (χ4v) is 1.18. The predicted octanol–water partition coefficient (Wildman–Crippen LogP) is -1.83. The van der Waals surface area contributed by atoms with Crippen molar-refractivity contribution in [2.75, 3.05) is 0 Å². The Bertz CT molecular complexity index is 312. The van der Waals surface area contributed by atoms with Gasteiger partial charge in [0.15, 0.2) is 0 Å². The standard InChI is InChI=1S/C8H11NO6/c1-3(10)9-6-4(11)2-5(7(12)13)15-8(6)14/h2,4,6,8,11,14H,1H3,(H,9,10)(H,12,13)/t4-,6-,8+/m0/s1. The van der Waals surface area contributed by atoms with Gasteiger partial charge in [0, 0.05) is 6.92 Å². The van der Waals surface area contributed by atoms with Crippen LogP contribution in [-0.2, 0) is 14.3 Å². The van der Waals surface area contributed by atoms with Gasteiger partial charge in [0.05, 0.1) is 0 Å². The summed E-state index contributed by atoms with van der Waals surface area (Å²) >= 11 is 0. The molecule has 0 unspecified atom stereocenters. The second-order valence-electron chi connectivity index (χ2n) is 3.06. The molecular formula is C8H11NO6. The van der Waals surface area contributed by atoms with E-state index in [1.54, 1.807) is 0 Å². The topological polar surface area (TPSA) is 116 Å². The van der Waals surface area contributed by atoms with Gasteiger partial charge in [0.1, 0.15) is 12.1 Å². The summed E-state index contributed by atoms with van der Waals surface area (Å²) in [6, 6.07) is -1.06. The van der Waals surface area contributed by atoms with Gasteiger partial charge in [-0.2, -0.15) is 0 Å². The predicted molar refractivity (Wildman–Crippen MR) is 46.4 cm³/mol. The first-order chi connectivity index (χ1) is 6.91. The van der Waals surface area contributed by atoms with Crippen LogP contribution in [0.2, 0.25) is 0 Å². The average molecular weight is 217 g/mol. The molecule has 0 aliphatic carbocycles. The SMILES string of the molecule is CC(=O)N[C@@H]1[C@H](O)OC(C(=O)O)=C[C@@H]1O. The lowest BCUT2D eigenvalue weighted by molar-refractivity contribution is -0.156. The number of aliphatic hydroxyl groups excluding tert-OH is 2. The average Bonchev–Trinajstić information content (AvgIpc) is 2.10. The van der Waals surface area contributed by atoms with E-state index in [4.69, 9.17) is 5.11 Å². The lowest BCUT2D eigenvalue weighted by Gasteiger charge is -2.30. The van der Waals surface area contributed by atoms with E-state index < -0.39 is 36.1 Å². The molecule has 0 aromatic rings. The number of hydrogen-bond donors (Lipinski definition) is 4. The van der Waals surface area contributed by atoms with Crippen molar-refractivity contribution in [1.29, 1.82) is 0 Å². The highest BCUT2D eigenvalue weighted by atomic mass is 16.6. The largest absolute Gasteiger partial charge is 0.475 e. The van der Waals surface area contributed by atoms with Crippen LogP contribution in [0.1, 0.15) is 6.92 Å². The van der Waals surface area contributed by atoms with E-state index in [1.165, 1.54) is 6.92 Å². The van der Waals surface area contributed by atoms with Crippen LogP contribution in [0.15, 0.2) is 11.8 Å². The Morgan fingerprint density at radius 3 is 2.47 bits per heavy atom. The number of carbonyl (C=O) groups is 2. The Labute approximate surface area is 85.0 Å². The lowest BCUT2D eigenvalue weighted by Crippen LogP contribution is -2.53. The number of ether oxygens (including phenoxy) is 1. The van der Waals surface area contributed by atoms with E-state index in [0.717, 1.165) is 6.08 Å².